The molecule has 3 rings (SSSR count). The molecular formula is C20H21N5O2S. The number of carbonyl (C=O) groups is 2. The van der Waals surface area contributed by atoms with E-state index in [1.807, 2.05) is 66.1 Å². The number of thioether (sulfide) groups is 1. The summed E-state index contributed by atoms with van der Waals surface area (Å²) >= 11 is 1.24. The lowest BCUT2D eigenvalue weighted by atomic mass is 10.2. The van der Waals surface area contributed by atoms with Crippen LogP contribution < -0.4 is 10.6 Å². The van der Waals surface area contributed by atoms with Crippen LogP contribution in [0, 0.1) is 6.92 Å². The van der Waals surface area contributed by atoms with Crippen molar-refractivity contribution in [2.75, 3.05) is 0 Å². The molecule has 1 aromatic heterocycles. The molecule has 0 radical (unpaired) electrons. The smallest absolute Gasteiger partial charge is 0.321 e. The second-order valence-electron chi connectivity index (χ2n) is 6.19. The zero-order chi connectivity index (χ0) is 19.9. The molecule has 144 valence electrons. The molecule has 1 atom stereocenters. The highest BCUT2D eigenvalue weighted by atomic mass is 32.2. The Morgan fingerprint density at radius 1 is 1.11 bits per heavy atom. The van der Waals surface area contributed by atoms with Crippen LogP contribution in [0.4, 0.5) is 4.79 Å². The number of urea groups is 1. The first-order valence-corrected chi connectivity index (χ1v) is 9.68. The topological polar surface area (TPSA) is 88.9 Å². The lowest BCUT2D eigenvalue weighted by molar-refractivity contribution is -0.119. The molecule has 2 N–H and O–H groups in total. The second-order valence-corrected chi connectivity index (χ2v) is 7.50. The van der Waals surface area contributed by atoms with Crippen LogP contribution in [0.25, 0.3) is 5.69 Å². The van der Waals surface area contributed by atoms with E-state index < -0.39 is 17.2 Å². The van der Waals surface area contributed by atoms with Crippen molar-refractivity contribution in [2.45, 2.75) is 30.8 Å². The molecule has 0 bridgehead atoms. The minimum atomic E-state index is -0.526. The van der Waals surface area contributed by atoms with Crippen LogP contribution in [0.1, 0.15) is 18.1 Å². The first-order chi connectivity index (χ1) is 13.5. The molecular weight excluding hydrogens is 374 g/mol. The van der Waals surface area contributed by atoms with Crippen molar-refractivity contribution in [3.8, 4) is 5.69 Å². The Kier molecular flexibility index (Phi) is 6.44. The average Bonchev–Trinajstić information content (AvgIpc) is 3.15. The fourth-order valence-electron chi connectivity index (χ4n) is 2.55. The number of para-hydroxylation sites is 1. The highest BCUT2D eigenvalue weighted by Gasteiger charge is 2.20. The SMILES string of the molecule is Cc1ccccc1-n1cnnc1SC(C)C(=O)NC(=O)NCc1ccccc1. The highest BCUT2D eigenvalue weighted by Crippen LogP contribution is 2.25. The molecule has 0 aliphatic carbocycles. The van der Waals surface area contributed by atoms with E-state index >= 15 is 0 Å². The van der Waals surface area contributed by atoms with Crippen LogP contribution in [0.15, 0.2) is 66.1 Å². The number of hydrogen-bond acceptors (Lipinski definition) is 5. The van der Waals surface area contributed by atoms with E-state index in [2.05, 4.69) is 20.8 Å². The van der Waals surface area contributed by atoms with Crippen molar-refractivity contribution in [3.63, 3.8) is 0 Å². The van der Waals surface area contributed by atoms with Gasteiger partial charge >= 0.3 is 6.03 Å². The predicted octanol–water partition coefficient (Wildman–Crippen LogP) is 3.08. The van der Waals surface area contributed by atoms with Crippen LogP contribution >= 0.6 is 11.8 Å². The minimum absolute atomic E-state index is 0.350. The van der Waals surface area contributed by atoms with Gasteiger partial charge in [0.25, 0.3) is 0 Å². The van der Waals surface area contributed by atoms with Crippen molar-refractivity contribution in [1.29, 1.82) is 0 Å². The monoisotopic (exact) mass is 395 g/mol. The van der Waals surface area contributed by atoms with Crippen LogP contribution in [-0.2, 0) is 11.3 Å². The maximum Gasteiger partial charge on any atom is 0.321 e. The molecule has 0 saturated carbocycles. The van der Waals surface area contributed by atoms with Gasteiger partial charge in [-0.2, -0.15) is 0 Å². The Labute approximate surface area is 167 Å². The molecule has 8 heteroatoms. The standard InChI is InChI=1S/C20H21N5O2S/c1-14-8-6-7-11-17(14)25-13-22-24-20(25)28-15(2)18(26)23-19(27)21-12-16-9-4-3-5-10-16/h3-11,13,15H,12H2,1-2H3,(H2,21,23,26,27). The maximum atomic E-state index is 12.4. The van der Waals surface area contributed by atoms with E-state index in [0.717, 1.165) is 16.8 Å². The third-order valence-corrected chi connectivity index (χ3v) is 5.13. The van der Waals surface area contributed by atoms with Crippen molar-refractivity contribution >= 4 is 23.7 Å². The van der Waals surface area contributed by atoms with Crippen LogP contribution in [0.5, 0.6) is 0 Å². The fourth-order valence-corrected chi connectivity index (χ4v) is 3.39. The number of amides is 3. The number of nitrogens with zero attached hydrogens (tertiary/aromatic N) is 3. The Balaban J connectivity index is 1.57. The summed E-state index contributed by atoms with van der Waals surface area (Å²) in [5.41, 5.74) is 2.98. The molecule has 3 aromatic rings. The number of nitrogens with one attached hydrogen (secondary N) is 2. The van der Waals surface area contributed by atoms with Crippen molar-refractivity contribution in [2.24, 2.45) is 0 Å². The van der Waals surface area contributed by atoms with Gasteiger partial charge in [0.05, 0.1) is 10.9 Å². The lowest BCUT2D eigenvalue weighted by Crippen LogP contribution is -2.42. The molecule has 0 aliphatic heterocycles. The van der Waals surface area contributed by atoms with Crippen molar-refractivity contribution in [3.05, 3.63) is 72.1 Å². The number of imide groups is 1. The van der Waals surface area contributed by atoms with Crippen molar-refractivity contribution < 1.29 is 9.59 Å². The zero-order valence-corrected chi connectivity index (χ0v) is 16.4. The first-order valence-electron chi connectivity index (χ1n) is 8.80. The normalized spacial score (nSPS) is 11.6. The fraction of sp³-hybridized carbons (Fsp3) is 0.200. The molecule has 3 amide bonds. The summed E-state index contributed by atoms with van der Waals surface area (Å²) in [4.78, 5) is 24.3. The van der Waals surface area contributed by atoms with Gasteiger partial charge in [-0.15, -0.1) is 10.2 Å². The number of hydrogen-bond donors (Lipinski definition) is 2. The number of carbonyl (C=O) groups excluding carboxylic acids is 2. The van der Waals surface area contributed by atoms with Gasteiger partial charge in [-0.3, -0.25) is 14.7 Å². The summed E-state index contributed by atoms with van der Waals surface area (Å²) in [7, 11) is 0. The van der Waals surface area contributed by atoms with E-state index in [4.69, 9.17) is 0 Å². The molecule has 0 spiro atoms. The van der Waals surface area contributed by atoms with Gasteiger partial charge in [0.2, 0.25) is 5.91 Å². The largest absolute Gasteiger partial charge is 0.334 e. The van der Waals surface area contributed by atoms with Gasteiger partial charge in [0.15, 0.2) is 5.16 Å². The highest BCUT2D eigenvalue weighted by molar-refractivity contribution is 8.00. The average molecular weight is 395 g/mol. The van der Waals surface area contributed by atoms with Gasteiger partial charge in [0.1, 0.15) is 6.33 Å². The Bertz CT molecular complexity index is 958. The van der Waals surface area contributed by atoms with Gasteiger partial charge in [-0.25, -0.2) is 4.79 Å². The predicted molar refractivity (Wildman–Crippen MR) is 108 cm³/mol. The summed E-state index contributed by atoms with van der Waals surface area (Å²) in [6.07, 6.45) is 1.61. The molecule has 0 fully saturated rings. The molecule has 28 heavy (non-hydrogen) atoms. The Morgan fingerprint density at radius 2 is 1.82 bits per heavy atom. The summed E-state index contributed by atoms with van der Waals surface area (Å²) in [6, 6.07) is 16.8. The molecule has 1 unspecified atom stereocenters. The van der Waals surface area contributed by atoms with E-state index in [1.54, 1.807) is 13.3 Å². The van der Waals surface area contributed by atoms with Gasteiger partial charge in [-0.1, -0.05) is 60.3 Å². The number of benzene rings is 2. The quantitative estimate of drug-likeness (QED) is 0.626. The minimum Gasteiger partial charge on any atom is -0.334 e. The third kappa shape index (κ3) is 4.98. The van der Waals surface area contributed by atoms with Gasteiger partial charge in [0, 0.05) is 6.54 Å². The van der Waals surface area contributed by atoms with Crippen LogP contribution in [-0.4, -0.2) is 32.0 Å². The summed E-state index contributed by atoms with van der Waals surface area (Å²) in [5.74, 6) is -0.394. The summed E-state index contributed by atoms with van der Waals surface area (Å²) in [5, 5.41) is 13.2. The molecule has 0 saturated heterocycles. The molecule has 2 aromatic carbocycles. The Morgan fingerprint density at radius 3 is 2.57 bits per heavy atom. The van der Waals surface area contributed by atoms with Crippen LogP contribution in [0.2, 0.25) is 0 Å². The van der Waals surface area contributed by atoms with E-state index in [9.17, 15) is 9.59 Å². The Hall–Kier alpha value is -3.13. The molecule has 0 aliphatic rings. The lowest BCUT2D eigenvalue weighted by Gasteiger charge is -2.13. The second kappa shape index (κ2) is 9.18. The van der Waals surface area contributed by atoms with Gasteiger partial charge in [-0.05, 0) is 31.0 Å². The van der Waals surface area contributed by atoms with Gasteiger partial charge < -0.3 is 5.32 Å². The first kappa shape index (κ1) is 19.6. The third-order valence-electron chi connectivity index (χ3n) is 4.08. The number of aromatic nitrogens is 3. The zero-order valence-electron chi connectivity index (χ0n) is 15.6. The van der Waals surface area contributed by atoms with Crippen LogP contribution in [0.3, 0.4) is 0 Å². The molecule has 7 nitrogen and oxygen atoms in total. The molecule has 1 heterocycles. The van der Waals surface area contributed by atoms with E-state index in [-0.39, 0.29) is 0 Å². The summed E-state index contributed by atoms with van der Waals surface area (Å²) in [6.45, 7) is 4.07. The van der Waals surface area contributed by atoms with E-state index in [1.165, 1.54) is 11.8 Å². The van der Waals surface area contributed by atoms with Crippen molar-refractivity contribution in [1.82, 2.24) is 25.4 Å². The number of rotatable bonds is 6. The maximum absolute atomic E-state index is 12.4. The summed E-state index contributed by atoms with van der Waals surface area (Å²) < 4.78 is 1.83. The number of aryl methyl sites for hydroxylation is 1. The van der Waals surface area contributed by atoms with E-state index in [0.29, 0.717) is 11.7 Å².